The summed E-state index contributed by atoms with van der Waals surface area (Å²) in [5.41, 5.74) is 7.58. The summed E-state index contributed by atoms with van der Waals surface area (Å²) in [4.78, 5) is 3.53. The van der Waals surface area contributed by atoms with Gasteiger partial charge in [-0.15, -0.1) is 11.3 Å². The van der Waals surface area contributed by atoms with E-state index in [2.05, 4.69) is 76.2 Å². The molecule has 1 aliphatic heterocycles. The first-order valence-corrected chi connectivity index (χ1v) is 12.3. The zero-order valence-corrected chi connectivity index (χ0v) is 20.7. The van der Waals surface area contributed by atoms with E-state index < -0.39 is 0 Å². The van der Waals surface area contributed by atoms with Crippen LogP contribution in [0, 0.1) is 19.7 Å². The lowest BCUT2D eigenvalue weighted by molar-refractivity contribution is -0.0000190. The van der Waals surface area contributed by atoms with Crippen LogP contribution in [0.2, 0.25) is 0 Å². The number of halogens is 1. The molecule has 3 aromatic carbocycles. The third-order valence-electron chi connectivity index (χ3n) is 7.10. The van der Waals surface area contributed by atoms with Crippen LogP contribution in [0.3, 0.4) is 0 Å². The van der Waals surface area contributed by atoms with E-state index in [1.165, 1.54) is 42.8 Å². The third kappa shape index (κ3) is 4.12. The van der Waals surface area contributed by atoms with Crippen molar-refractivity contribution in [2.45, 2.75) is 45.4 Å². The van der Waals surface area contributed by atoms with Crippen molar-refractivity contribution in [2.75, 3.05) is 14.1 Å². The van der Waals surface area contributed by atoms with E-state index in [1.54, 1.807) is 12.1 Å². The summed E-state index contributed by atoms with van der Waals surface area (Å²) in [7, 11) is 4.20. The van der Waals surface area contributed by atoms with Gasteiger partial charge in [0.1, 0.15) is 5.82 Å². The fraction of sp³-hybridized carbons (Fsp3) is 0.310. The molecule has 0 fully saturated rings. The molecule has 3 atom stereocenters. The van der Waals surface area contributed by atoms with Gasteiger partial charge in [-0.1, -0.05) is 37.3 Å². The summed E-state index contributed by atoms with van der Waals surface area (Å²) in [6, 6.07) is 20.7. The van der Waals surface area contributed by atoms with Gasteiger partial charge in [0.15, 0.2) is 0 Å². The smallest absolute Gasteiger partial charge is 0.123 e. The van der Waals surface area contributed by atoms with Crippen molar-refractivity contribution in [1.29, 1.82) is 0 Å². The number of aryl methyl sites for hydroxylation is 2. The second kappa shape index (κ2) is 8.68. The van der Waals surface area contributed by atoms with Crippen molar-refractivity contribution in [1.82, 2.24) is 4.90 Å². The number of ether oxygens (including phenoxy) is 1. The maximum atomic E-state index is 13.5. The van der Waals surface area contributed by atoms with Gasteiger partial charge in [-0.25, -0.2) is 4.39 Å². The highest BCUT2D eigenvalue weighted by molar-refractivity contribution is 7.22. The number of nitrogens with zero attached hydrogens (tertiary/aromatic N) is 1. The van der Waals surface area contributed by atoms with Crippen LogP contribution in [0.4, 0.5) is 4.39 Å². The minimum absolute atomic E-state index is 0.0168. The van der Waals surface area contributed by atoms with Gasteiger partial charge in [0.2, 0.25) is 0 Å². The molecule has 3 unspecified atom stereocenters. The van der Waals surface area contributed by atoms with Crippen LogP contribution in [-0.2, 0) is 11.3 Å². The first-order valence-electron chi connectivity index (χ1n) is 11.5. The Kier molecular flexibility index (Phi) is 5.86. The molecule has 2 heterocycles. The Labute approximate surface area is 199 Å². The van der Waals surface area contributed by atoms with Gasteiger partial charge in [0, 0.05) is 15.6 Å². The Morgan fingerprint density at radius 3 is 2.42 bits per heavy atom. The molecule has 0 N–H and O–H groups in total. The Balaban J connectivity index is 1.47. The molecule has 2 nitrogen and oxygen atoms in total. The Morgan fingerprint density at radius 1 is 0.970 bits per heavy atom. The first-order chi connectivity index (χ1) is 15.8. The van der Waals surface area contributed by atoms with Crippen molar-refractivity contribution in [2.24, 2.45) is 0 Å². The minimum atomic E-state index is -0.200. The summed E-state index contributed by atoms with van der Waals surface area (Å²) in [5, 5.41) is 1.31. The molecular formula is C29H30FNOS. The molecule has 1 aliphatic rings. The van der Waals surface area contributed by atoms with Crippen LogP contribution < -0.4 is 0 Å². The molecule has 0 spiro atoms. The maximum absolute atomic E-state index is 13.5. The quantitative estimate of drug-likeness (QED) is 0.304. The number of benzene rings is 3. The molecule has 0 radical (unpaired) electrons. The lowest BCUT2D eigenvalue weighted by Gasteiger charge is -2.35. The van der Waals surface area contributed by atoms with E-state index >= 15 is 0 Å². The standard InChI is InChI=1S/C29H30FNOS/c1-17-12-22-15-27(33-26(22)13-18(17)2)21-8-11-25-23(14-21)16-32-29(25)28(31(4)5)19(3)20-6-9-24(30)10-7-20/h6-15,19,28-29H,16H2,1-5H3. The average molecular weight is 460 g/mol. The monoisotopic (exact) mass is 459 g/mol. The summed E-state index contributed by atoms with van der Waals surface area (Å²) >= 11 is 1.85. The Morgan fingerprint density at radius 2 is 1.70 bits per heavy atom. The molecule has 0 aliphatic carbocycles. The van der Waals surface area contributed by atoms with Crippen molar-refractivity contribution in [3.63, 3.8) is 0 Å². The average Bonchev–Trinajstić information content (AvgIpc) is 3.38. The highest BCUT2D eigenvalue weighted by Crippen LogP contribution is 2.43. The van der Waals surface area contributed by atoms with E-state index in [1.807, 2.05) is 23.5 Å². The number of likely N-dealkylation sites (N-methyl/N-ethyl adjacent to an activating group) is 1. The van der Waals surface area contributed by atoms with E-state index in [9.17, 15) is 4.39 Å². The van der Waals surface area contributed by atoms with Gasteiger partial charge in [-0.05, 0) is 103 Å². The molecule has 4 heteroatoms. The molecule has 0 bridgehead atoms. The second-order valence-corrected chi connectivity index (χ2v) is 10.6. The van der Waals surface area contributed by atoms with Gasteiger partial charge < -0.3 is 9.64 Å². The number of thiophene rings is 1. The molecule has 5 rings (SSSR count). The van der Waals surface area contributed by atoms with E-state index in [-0.39, 0.29) is 23.9 Å². The summed E-state index contributed by atoms with van der Waals surface area (Å²) in [6.07, 6.45) is -0.0168. The summed E-state index contributed by atoms with van der Waals surface area (Å²) < 4.78 is 21.2. The van der Waals surface area contributed by atoms with Crippen LogP contribution >= 0.6 is 11.3 Å². The van der Waals surface area contributed by atoms with Crippen LogP contribution in [0.1, 0.15) is 46.8 Å². The highest BCUT2D eigenvalue weighted by Gasteiger charge is 2.36. The molecule has 0 saturated heterocycles. The zero-order valence-electron chi connectivity index (χ0n) is 19.9. The van der Waals surface area contributed by atoms with Gasteiger partial charge in [0.05, 0.1) is 12.7 Å². The van der Waals surface area contributed by atoms with E-state index in [0.717, 1.165) is 5.56 Å². The zero-order chi connectivity index (χ0) is 23.3. The number of hydrogen-bond acceptors (Lipinski definition) is 3. The van der Waals surface area contributed by atoms with Crippen molar-refractivity contribution in [3.8, 4) is 10.4 Å². The summed E-state index contributed by atoms with van der Waals surface area (Å²) in [5.74, 6) is -0.000736. The number of rotatable bonds is 5. The number of hydrogen-bond donors (Lipinski definition) is 0. The van der Waals surface area contributed by atoms with Gasteiger partial charge in [-0.2, -0.15) is 0 Å². The van der Waals surface area contributed by atoms with Crippen LogP contribution in [0.5, 0.6) is 0 Å². The predicted octanol–water partition coefficient (Wildman–Crippen LogP) is 7.63. The topological polar surface area (TPSA) is 12.5 Å². The Bertz CT molecular complexity index is 1270. The molecule has 33 heavy (non-hydrogen) atoms. The molecule has 0 amide bonds. The van der Waals surface area contributed by atoms with Gasteiger partial charge in [-0.3, -0.25) is 0 Å². The lowest BCUT2D eigenvalue weighted by Crippen LogP contribution is -2.38. The number of fused-ring (bicyclic) bond motifs is 2. The maximum Gasteiger partial charge on any atom is 0.123 e. The fourth-order valence-electron chi connectivity index (χ4n) is 5.10. The Hall–Kier alpha value is -2.53. The largest absolute Gasteiger partial charge is 0.367 e. The van der Waals surface area contributed by atoms with Crippen molar-refractivity contribution in [3.05, 3.63) is 94.3 Å². The van der Waals surface area contributed by atoms with Crippen molar-refractivity contribution < 1.29 is 9.13 Å². The van der Waals surface area contributed by atoms with E-state index in [4.69, 9.17) is 4.74 Å². The highest BCUT2D eigenvalue weighted by atomic mass is 32.1. The van der Waals surface area contributed by atoms with Crippen molar-refractivity contribution >= 4 is 21.4 Å². The normalized spacial score (nSPS) is 17.5. The third-order valence-corrected chi connectivity index (χ3v) is 8.25. The molecular weight excluding hydrogens is 429 g/mol. The minimum Gasteiger partial charge on any atom is -0.367 e. The second-order valence-electron chi connectivity index (χ2n) is 9.52. The van der Waals surface area contributed by atoms with Crippen LogP contribution in [-0.4, -0.2) is 25.0 Å². The molecule has 170 valence electrons. The van der Waals surface area contributed by atoms with Gasteiger partial charge >= 0.3 is 0 Å². The van der Waals surface area contributed by atoms with Crippen LogP contribution in [0.15, 0.2) is 60.7 Å². The SMILES string of the molecule is Cc1cc2cc(-c3ccc4c(c3)COC4C(C(C)c3ccc(F)cc3)N(C)C)sc2cc1C. The fourth-order valence-corrected chi connectivity index (χ4v) is 6.24. The van der Waals surface area contributed by atoms with Gasteiger partial charge in [0.25, 0.3) is 0 Å². The lowest BCUT2D eigenvalue weighted by atomic mass is 9.85. The van der Waals surface area contributed by atoms with E-state index in [0.29, 0.717) is 6.61 Å². The molecule has 4 aromatic rings. The molecule has 1 aromatic heterocycles. The first kappa shape index (κ1) is 22.3. The predicted molar refractivity (Wildman–Crippen MR) is 137 cm³/mol. The van der Waals surface area contributed by atoms with Crippen LogP contribution in [0.25, 0.3) is 20.5 Å². The summed E-state index contributed by atoms with van der Waals surface area (Å²) in [6.45, 7) is 7.18. The molecule has 0 saturated carbocycles.